The van der Waals surface area contributed by atoms with Gasteiger partial charge in [0, 0.05) is 17.3 Å². The molecule has 3 fully saturated rings. The number of carbonyl (C=O) groups excluding carboxylic acids is 2. The number of Topliss-reactive ketones (excluding diaryl/α,β-unsaturated/α-hetero) is 1. The number of allylic oxidation sites excluding steroid dienone is 4. The molecule has 116 valence electrons. The largest absolute Gasteiger partial charge is 0.299 e. The van der Waals surface area contributed by atoms with Crippen LogP contribution in [0.3, 0.4) is 0 Å². The third-order valence-corrected chi connectivity index (χ3v) is 7.36. The molecule has 0 heterocycles. The molecule has 4 aliphatic carbocycles. The van der Waals surface area contributed by atoms with Crippen LogP contribution in [0.4, 0.5) is 0 Å². The Morgan fingerprint density at radius 3 is 2.73 bits per heavy atom. The second kappa shape index (κ2) is 4.43. The van der Waals surface area contributed by atoms with Gasteiger partial charge in [-0.1, -0.05) is 25.5 Å². The van der Waals surface area contributed by atoms with Crippen LogP contribution in [-0.4, -0.2) is 11.6 Å². The fourth-order valence-corrected chi connectivity index (χ4v) is 6.10. The van der Waals surface area contributed by atoms with Crippen molar-refractivity contribution in [1.29, 1.82) is 0 Å². The number of ketones is 2. The Balaban J connectivity index is 1.76. The molecular weight excluding hydrogens is 272 g/mol. The van der Waals surface area contributed by atoms with Crippen LogP contribution in [-0.2, 0) is 9.59 Å². The van der Waals surface area contributed by atoms with Gasteiger partial charge >= 0.3 is 0 Å². The van der Waals surface area contributed by atoms with Crippen molar-refractivity contribution < 1.29 is 9.59 Å². The topological polar surface area (TPSA) is 34.1 Å². The standard InChI is InChI=1S/C20H24O2/c1-12-10-14-15-4-5-18(22)20(15,3)9-7-16(14)19(2)8-6-13(21)11-17(12)19/h1,6,8,11-12,14-16H,4-5,7,9-10H2,2-3H3/t12?,14?,15?,16?,19-,20+/m1/s1. The van der Waals surface area contributed by atoms with Crippen molar-refractivity contribution in [3.05, 3.63) is 30.7 Å². The Labute approximate surface area is 133 Å². The quantitative estimate of drug-likeness (QED) is 0.681. The summed E-state index contributed by atoms with van der Waals surface area (Å²) in [7, 11) is 0. The summed E-state index contributed by atoms with van der Waals surface area (Å²) in [6.45, 7) is 10.9. The molecule has 22 heavy (non-hydrogen) atoms. The lowest BCUT2D eigenvalue weighted by molar-refractivity contribution is -0.131. The van der Waals surface area contributed by atoms with Crippen LogP contribution in [0, 0.1) is 41.4 Å². The molecule has 0 aromatic rings. The second-order valence-electron chi connectivity index (χ2n) is 8.26. The summed E-state index contributed by atoms with van der Waals surface area (Å²) >= 11 is 0. The minimum atomic E-state index is -0.118. The van der Waals surface area contributed by atoms with E-state index < -0.39 is 0 Å². The lowest BCUT2D eigenvalue weighted by Crippen LogP contribution is -2.51. The summed E-state index contributed by atoms with van der Waals surface area (Å²) in [6, 6.07) is 0. The van der Waals surface area contributed by atoms with Crippen molar-refractivity contribution in [3.8, 4) is 0 Å². The average Bonchev–Trinajstić information content (AvgIpc) is 2.77. The second-order valence-corrected chi connectivity index (χ2v) is 8.26. The van der Waals surface area contributed by atoms with Gasteiger partial charge in [-0.2, -0.15) is 0 Å². The first kappa shape index (κ1) is 14.4. The molecule has 0 aromatic heterocycles. The minimum Gasteiger partial charge on any atom is -0.299 e. The Morgan fingerprint density at radius 1 is 1.18 bits per heavy atom. The van der Waals surface area contributed by atoms with Crippen molar-refractivity contribution in [2.75, 3.05) is 0 Å². The fourth-order valence-electron chi connectivity index (χ4n) is 6.10. The van der Waals surface area contributed by atoms with E-state index in [1.165, 1.54) is 0 Å². The highest BCUT2D eigenvalue weighted by Gasteiger charge is 2.59. The average molecular weight is 296 g/mol. The first-order valence-electron chi connectivity index (χ1n) is 8.60. The van der Waals surface area contributed by atoms with Gasteiger partial charge in [-0.05, 0) is 68.4 Å². The van der Waals surface area contributed by atoms with E-state index in [0.29, 0.717) is 23.5 Å². The van der Waals surface area contributed by atoms with E-state index in [1.54, 1.807) is 12.2 Å². The van der Waals surface area contributed by atoms with E-state index in [-0.39, 0.29) is 22.5 Å². The molecule has 0 N–H and O–H groups in total. The van der Waals surface area contributed by atoms with E-state index in [9.17, 15) is 9.59 Å². The van der Waals surface area contributed by atoms with Gasteiger partial charge in [0.05, 0.1) is 0 Å². The predicted octanol–water partition coefficient (Wildman–Crippen LogP) is 3.80. The van der Waals surface area contributed by atoms with Crippen LogP contribution in [0.5, 0.6) is 0 Å². The number of carbonyl (C=O) groups is 2. The van der Waals surface area contributed by atoms with Crippen molar-refractivity contribution in [2.24, 2.45) is 34.5 Å². The summed E-state index contributed by atoms with van der Waals surface area (Å²) in [5.41, 5.74) is 0.907. The van der Waals surface area contributed by atoms with Gasteiger partial charge in [0.1, 0.15) is 5.78 Å². The molecule has 0 aromatic carbocycles. The summed E-state index contributed by atoms with van der Waals surface area (Å²) in [5.74, 6) is 2.00. The Hall–Kier alpha value is -1.18. The zero-order valence-electron chi connectivity index (χ0n) is 13.5. The molecule has 4 unspecified atom stereocenters. The maximum Gasteiger partial charge on any atom is 0.178 e. The van der Waals surface area contributed by atoms with E-state index in [1.807, 2.05) is 0 Å². The smallest absolute Gasteiger partial charge is 0.178 e. The van der Waals surface area contributed by atoms with Crippen molar-refractivity contribution in [1.82, 2.24) is 0 Å². The highest BCUT2D eigenvalue weighted by molar-refractivity contribution is 6.01. The monoisotopic (exact) mass is 296 g/mol. The summed E-state index contributed by atoms with van der Waals surface area (Å²) in [4.78, 5) is 24.2. The molecule has 0 saturated heterocycles. The molecule has 2 nitrogen and oxygen atoms in total. The lowest BCUT2D eigenvalue weighted by atomic mass is 9.47. The van der Waals surface area contributed by atoms with Gasteiger partial charge in [0.25, 0.3) is 0 Å². The van der Waals surface area contributed by atoms with Gasteiger partial charge in [-0.25, -0.2) is 0 Å². The normalized spacial score (nSPS) is 50.2. The van der Waals surface area contributed by atoms with Gasteiger partial charge in [0.15, 0.2) is 5.78 Å². The van der Waals surface area contributed by atoms with E-state index in [2.05, 4.69) is 19.9 Å². The van der Waals surface area contributed by atoms with Crippen molar-refractivity contribution in [3.63, 3.8) is 0 Å². The number of hydrogen-bond acceptors (Lipinski definition) is 2. The Morgan fingerprint density at radius 2 is 1.95 bits per heavy atom. The Bertz CT molecular complexity index is 613. The number of hydrogen-bond donors (Lipinski definition) is 0. The molecule has 0 spiro atoms. The summed E-state index contributed by atoms with van der Waals surface area (Å²) < 4.78 is 0. The van der Waals surface area contributed by atoms with Gasteiger partial charge < -0.3 is 0 Å². The van der Waals surface area contributed by atoms with Crippen LogP contribution < -0.4 is 0 Å². The molecule has 2 radical (unpaired) electrons. The maximum absolute atomic E-state index is 12.4. The molecular formula is C20H24O2. The Kier molecular flexibility index (Phi) is 2.90. The molecule has 6 atom stereocenters. The van der Waals surface area contributed by atoms with Crippen molar-refractivity contribution >= 4 is 11.6 Å². The van der Waals surface area contributed by atoms with E-state index in [0.717, 1.165) is 37.7 Å². The van der Waals surface area contributed by atoms with Crippen LogP contribution in [0.2, 0.25) is 0 Å². The maximum atomic E-state index is 12.4. The zero-order valence-corrected chi connectivity index (χ0v) is 13.5. The van der Waals surface area contributed by atoms with Gasteiger partial charge in [0.2, 0.25) is 0 Å². The van der Waals surface area contributed by atoms with E-state index in [4.69, 9.17) is 6.92 Å². The van der Waals surface area contributed by atoms with Crippen LogP contribution in [0.25, 0.3) is 0 Å². The number of rotatable bonds is 0. The first-order chi connectivity index (χ1) is 10.4. The molecule has 4 aliphatic rings. The highest BCUT2D eigenvalue weighted by Crippen LogP contribution is 2.64. The third kappa shape index (κ3) is 1.67. The van der Waals surface area contributed by atoms with Crippen LogP contribution in [0.15, 0.2) is 23.8 Å². The molecule has 0 aliphatic heterocycles. The van der Waals surface area contributed by atoms with Crippen LogP contribution >= 0.6 is 0 Å². The molecule has 0 bridgehead atoms. The lowest BCUT2D eigenvalue weighted by Gasteiger charge is -2.57. The number of fused-ring (bicyclic) bond motifs is 5. The fraction of sp³-hybridized carbons (Fsp3) is 0.650. The predicted molar refractivity (Wildman–Crippen MR) is 84.8 cm³/mol. The van der Waals surface area contributed by atoms with Gasteiger partial charge in [-0.15, -0.1) is 0 Å². The molecule has 3 saturated carbocycles. The van der Waals surface area contributed by atoms with Gasteiger partial charge in [-0.3, -0.25) is 9.59 Å². The van der Waals surface area contributed by atoms with E-state index >= 15 is 0 Å². The molecule has 2 heteroatoms. The summed E-state index contributed by atoms with van der Waals surface area (Å²) in [5, 5.41) is 0. The third-order valence-electron chi connectivity index (χ3n) is 7.36. The first-order valence-corrected chi connectivity index (χ1v) is 8.60. The molecule has 4 rings (SSSR count). The van der Waals surface area contributed by atoms with Crippen molar-refractivity contribution in [2.45, 2.75) is 46.0 Å². The zero-order chi connectivity index (χ0) is 15.7. The molecule has 0 amide bonds. The SMILES string of the molecule is [CH]C1CC2C(CC[C@]3(C)C(=O)CCC23)[C@@]2(C)C=CC(=O)C=C12. The minimum absolute atomic E-state index is 0.0433. The highest BCUT2D eigenvalue weighted by atomic mass is 16.1. The van der Waals surface area contributed by atoms with Crippen LogP contribution in [0.1, 0.15) is 46.0 Å². The summed E-state index contributed by atoms with van der Waals surface area (Å²) in [6.07, 6.45) is 10.4.